The second kappa shape index (κ2) is 8.88. The molecular formula is C24H26FN3O3. The van der Waals surface area contributed by atoms with E-state index in [-0.39, 0.29) is 36.5 Å². The van der Waals surface area contributed by atoms with E-state index in [9.17, 15) is 18.8 Å². The van der Waals surface area contributed by atoms with E-state index in [1.807, 2.05) is 31.2 Å². The third-order valence-corrected chi connectivity index (χ3v) is 5.96. The fraction of sp³-hybridized carbons (Fsp3) is 0.375. The van der Waals surface area contributed by atoms with Crippen molar-refractivity contribution in [1.29, 1.82) is 0 Å². The molecule has 31 heavy (non-hydrogen) atoms. The predicted octanol–water partition coefficient (Wildman–Crippen LogP) is 2.15. The summed E-state index contributed by atoms with van der Waals surface area (Å²) in [7, 11) is 0. The minimum absolute atomic E-state index is 0.0561. The van der Waals surface area contributed by atoms with Gasteiger partial charge in [-0.25, -0.2) is 4.39 Å². The van der Waals surface area contributed by atoms with Crippen LogP contribution in [0, 0.1) is 12.7 Å². The molecule has 162 valence electrons. The summed E-state index contributed by atoms with van der Waals surface area (Å²) in [6.45, 7) is 3.56. The van der Waals surface area contributed by atoms with E-state index >= 15 is 0 Å². The monoisotopic (exact) mass is 423 g/mol. The number of carbonyl (C=O) groups excluding carboxylic acids is 3. The lowest BCUT2D eigenvalue weighted by molar-refractivity contribution is -0.156. The Morgan fingerprint density at radius 1 is 1.03 bits per heavy atom. The van der Waals surface area contributed by atoms with E-state index in [0.29, 0.717) is 38.2 Å². The van der Waals surface area contributed by atoms with E-state index in [1.165, 1.54) is 12.1 Å². The number of hydrogen-bond acceptors (Lipinski definition) is 3. The average molecular weight is 423 g/mol. The number of hydrogen-bond donors (Lipinski definition) is 0. The van der Waals surface area contributed by atoms with Gasteiger partial charge in [0.05, 0.1) is 6.42 Å². The fourth-order valence-electron chi connectivity index (χ4n) is 4.38. The Balaban J connectivity index is 1.43. The Labute approximate surface area is 181 Å². The van der Waals surface area contributed by atoms with Gasteiger partial charge in [0, 0.05) is 26.2 Å². The maximum atomic E-state index is 13.4. The molecule has 7 heteroatoms. The van der Waals surface area contributed by atoms with Gasteiger partial charge in [0.15, 0.2) is 0 Å². The molecule has 2 fully saturated rings. The second-order valence-electron chi connectivity index (χ2n) is 8.26. The van der Waals surface area contributed by atoms with Crippen molar-refractivity contribution in [2.24, 2.45) is 0 Å². The van der Waals surface area contributed by atoms with Gasteiger partial charge in [-0.1, -0.05) is 42.0 Å². The SMILES string of the molecule is Cc1cccc(CN2CC(=O)N3CCN(C(=O)Cc4cccc(F)c4)CCC3C2=O)c1. The zero-order valence-electron chi connectivity index (χ0n) is 17.6. The molecule has 1 atom stereocenters. The first-order valence-corrected chi connectivity index (χ1v) is 10.6. The fourth-order valence-corrected chi connectivity index (χ4v) is 4.38. The van der Waals surface area contributed by atoms with Gasteiger partial charge in [-0.3, -0.25) is 14.4 Å². The Morgan fingerprint density at radius 2 is 1.81 bits per heavy atom. The first-order valence-electron chi connectivity index (χ1n) is 10.6. The van der Waals surface area contributed by atoms with Crippen LogP contribution in [0.15, 0.2) is 48.5 Å². The van der Waals surface area contributed by atoms with Crippen molar-refractivity contribution in [2.75, 3.05) is 26.2 Å². The van der Waals surface area contributed by atoms with Gasteiger partial charge in [-0.2, -0.15) is 0 Å². The van der Waals surface area contributed by atoms with Crippen LogP contribution in [0.25, 0.3) is 0 Å². The molecule has 1 unspecified atom stereocenters. The van der Waals surface area contributed by atoms with Crippen LogP contribution >= 0.6 is 0 Å². The molecule has 2 heterocycles. The van der Waals surface area contributed by atoms with Crippen LogP contribution in [0.4, 0.5) is 4.39 Å². The van der Waals surface area contributed by atoms with E-state index in [0.717, 1.165) is 11.1 Å². The smallest absolute Gasteiger partial charge is 0.246 e. The summed E-state index contributed by atoms with van der Waals surface area (Å²) in [5.74, 6) is -0.651. The summed E-state index contributed by atoms with van der Waals surface area (Å²) < 4.78 is 13.4. The maximum absolute atomic E-state index is 13.4. The van der Waals surface area contributed by atoms with Crippen molar-refractivity contribution in [3.63, 3.8) is 0 Å². The van der Waals surface area contributed by atoms with Crippen molar-refractivity contribution >= 4 is 17.7 Å². The molecule has 0 saturated carbocycles. The van der Waals surface area contributed by atoms with Crippen LogP contribution in [0.5, 0.6) is 0 Å². The van der Waals surface area contributed by atoms with Gasteiger partial charge in [-0.05, 0) is 36.6 Å². The number of fused-ring (bicyclic) bond motifs is 1. The summed E-state index contributed by atoms with van der Waals surface area (Å²) in [6, 6.07) is 13.4. The molecule has 4 rings (SSSR count). The Hall–Kier alpha value is -3.22. The lowest BCUT2D eigenvalue weighted by Crippen LogP contribution is -2.59. The number of benzene rings is 2. The quantitative estimate of drug-likeness (QED) is 0.757. The average Bonchev–Trinajstić information content (AvgIpc) is 2.96. The minimum atomic E-state index is -0.543. The number of halogens is 1. The first kappa shape index (κ1) is 21.0. The third kappa shape index (κ3) is 4.76. The molecule has 2 aliphatic heterocycles. The summed E-state index contributed by atoms with van der Waals surface area (Å²) in [5, 5.41) is 0. The van der Waals surface area contributed by atoms with Gasteiger partial charge in [-0.15, -0.1) is 0 Å². The van der Waals surface area contributed by atoms with Gasteiger partial charge >= 0.3 is 0 Å². The summed E-state index contributed by atoms with van der Waals surface area (Å²) in [4.78, 5) is 43.6. The molecular weight excluding hydrogens is 397 g/mol. The number of aryl methyl sites for hydroxylation is 1. The van der Waals surface area contributed by atoms with Crippen molar-refractivity contribution in [3.05, 3.63) is 71.0 Å². The molecule has 2 saturated heterocycles. The summed E-state index contributed by atoms with van der Waals surface area (Å²) in [5.41, 5.74) is 2.72. The molecule has 0 bridgehead atoms. The molecule has 0 spiro atoms. The van der Waals surface area contributed by atoms with Crippen LogP contribution in [0.3, 0.4) is 0 Å². The molecule has 2 aromatic carbocycles. The van der Waals surface area contributed by atoms with E-state index in [1.54, 1.807) is 26.8 Å². The Morgan fingerprint density at radius 3 is 2.58 bits per heavy atom. The van der Waals surface area contributed by atoms with Gasteiger partial charge in [0.25, 0.3) is 0 Å². The van der Waals surface area contributed by atoms with E-state index in [4.69, 9.17) is 0 Å². The molecule has 3 amide bonds. The van der Waals surface area contributed by atoms with Crippen LogP contribution in [-0.4, -0.2) is 64.6 Å². The molecule has 2 aliphatic rings. The van der Waals surface area contributed by atoms with Crippen molar-refractivity contribution in [2.45, 2.75) is 32.4 Å². The maximum Gasteiger partial charge on any atom is 0.246 e. The minimum Gasteiger partial charge on any atom is -0.341 e. The number of piperazine rings is 1. The van der Waals surface area contributed by atoms with Crippen LogP contribution < -0.4 is 0 Å². The van der Waals surface area contributed by atoms with Crippen LogP contribution in [0.2, 0.25) is 0 Å². The Kier molecular flexibility index (Phi) is 6.02. The standard InChI is InChI=1S/C24H26FN3O3/c1-17-4-2-6-19(12-17)15-27-16-23(30)28-11-10-26(9-8-21(28)24(27)31)22(29)14-18-5-3-7-20(25)13-18/h2-7,12-13,21H,8-11,14-16H2,1H3. The van der Waals surface area contributed by atoms with Crippen LogP contribution in [-0.2, 0) is 27.3 Å². The zero-order chi connectivity index (χ0) is 22.0. The first-order chi connectivity index (χ1) is 14.9. The molecule has 6 nitrogen and oxygen atoms in total. The van der Waals surface area contributed by atoms with Gasteiger partial charge < -0.3 is 14.7 Å². The van der Waals surface area contributed by atoms with Gasteiger partial charge in [0.1, 0.15) is 18.4 Å². The lowest BCUT2D eigenvalue weighted by Gasteiger charge is -2.39. The van der Waals surface area contributed by atoms with Crippen molar-refractivity contribution in [3.8, 4) is 0 Å². The summed E-state index contributed by atoms with van der Waals surface area (Å²) >= 11 is 0. The van der Waals surface area contributed by atoms with Gasteiger partial charge in [0.2, 0.25) is 17.7 Å². The normalized spacial score (nSPS) is 19.3. The number of carbonyl (C=O) groups is 3. The lowest BCUT2D eigenvalue weighted by atomic mass is 10.1. The topological polar surface area (TPSA) is 60.9 Å². The molecule has 0 aliphatic carbocycles. The second-order valence-corrected chi connectivity index (χ2v) is 8.26. The van der Waals surface area contributed by atoms with E-state index in [2.05, 4.69) is 0 Å². The predicted molar refractivity (Wildman–Crippen MR) is 113 cm³/mol. The number of rotatable bonds is 4. The Bertz CT molecular complexity index is 1010. The molecule has 0 aromatic heterocycles. The molecule has 2 aromatic rings. The van der Waals surface area contributed by atoms with Crippen LogP contribution in [0.1, 0.15) is 23.1 Å². The largest absolute Gasteiger partial charge is 0.341 e. The zero-order valence-corrected chi connectivity index (χ0v) is 17.6. The molecule has 0 radical (unpaired) electrons. The van der Waals surface area contributed by atoms with Crippen molar-refractivity contribution < 1.29 is 18.8 Å². The third-order valence-electron chi connectivity index (χ3n) is 5.96. The number of amides is 3. The summed E-state index contributed by atoms with van der Waals surface area (Å²) in [6.07, 6.45) is 0.508. The highest BCUT2D eigenvalue weighted by atomic mass is 19.1. The van der Waals surface area contributed by atoms with Crippen molar-refractivity contribution in [1.82, 2.24) is 14.7 Å². The molecule has 0 N–H and O–H groups in total. The number of nitrogens with zero attached hydrogens (tertiary/aromatic N) is 3. The highest BCUT2D eigenvalue weighted by Crippen LogP contribution is 2.21. The highest BCUT2D eigenvalue weighted by molar-refractivity contribution is 5.95. The highest BCUT2D eigenvalue weighted by Gasteiger charge is 2.41. The van der Waals surface area contributed by atoms with E-state index < -0.39 is 6.04 Å².